The fourth-order valence-corrected chi connectivity index (χ4v) is 5.70. The van der Waals surface area contributed by atoms with E-state index in [-0.39, 0.29) is 33.8 Å². The van der Waals surface area contributed by atoms with E-state index >= 15 is 0 Å². The van der Waals surface area contributed by atoms with Gasteiger partial charge < -0.3 is 15.0 Å². The largest absolute Gasteiger partial charge is 0.495 e. The van der Waals surface area contributed by atoms with Crippen LogP contribution in [0.15, 0.2) is 71.6 Å². The lowest BCUT2D eigenvalue weighted by Gasteiger charge is -2.32. The topological polar surface area (TPSA) is 96.0 Å². The number of benzene rings is 3. The number of nitrogens with zero attached hydrogens (tertiary/aromatic N) is 2. The highest BCUT2D eigenvalue weighted by Crippen LogP contribution is 2.35. The molecule has 0 aromatic heterocycles. The molecule has 3 aromatic rings. The second-order valence-corrected chi connectivity index (χ2v) is 11.5. The molecule has 0 aliphatic carbocycles. The third-order valence-electron chi connectivity index (χ3n) is 6.25. The number of sulfonamides is 1. The molecule has 0 radical (unpaired) electrons. The number of halogens is 1. The highest BCUT2D eigenvalue weighted by atomic mass is 35.5. The van der Waals surface area contributed by atoms with Gasteiger partial charge in [0.2, 0.25) is 11.8 Å². The molecule has 0 saturated heterocycles. The van der Waals surface area contributed by atoms with Crippen molar-refractivity contribution in [1.29, 1.82) is 0 Å². The molecule has 0 unspecified atom stereocenters. The van der Waals surface area contributed by atoms with E-state index < -0.39 is 28.5 Å². The van der Waals surface area contributed by atoms with Crippen molar-refractivity contribution >= 4 is 39.1 Å². The molecule has 0 saturated carbocycles. The van der Waals surface area contributed by atoms with E-state index in [1.807, 2.05) is 38.1 Å². The van der Waals surface area contributed by atoms with Gasteiger partial charge in [-0.25, -0.2) is 8.42 Å². The average molecular weight is 572 g/mol. The number of ether oxygens (including phenoxy) is 1. The number of nitrogens with one attached hydrogen (secondary N) is 1. The van der Waals surface area contributed by atoms with Gasteiger partial charge in [0.1, 0.15) is 18.3 Å². The van der Waals surface area contributed by atoms with Crippen LogP contribution in [-0.4, -0.2) is 51.4 Å². The predicted molar refractivity (Wildman–Crippen MR) is 154 cm³/mol. The summed E-state index contributed by atoms with van der Waals surface area (Å²) in [4.78, 5) is 28.2. The lowest BCUT2D eigenvalue weighted by Crippen LogP contribution is -2.51. The van der Waals surface area contributed by atoms with Crippen LogP contribution in [0.3, 0.4) is 0 Å². The van der Waals surface area contributed by atoms with Gasteiger partial charge in [-0.05, 0) is 63.6 Å². The predicted octanol–water partition coefficient (Wildman–Crippen LogP) is 4.71. The van der Waals surface area contributed by atoms with Crippen LogP contribution < -0.4 is 14.4 Å². The Hall–Kier alpha value is -3.56. The highest BCUT2D eigenvalue weighted by Gasteiger charge is 2.34. The zero-order chi connectivity index (χ0) is 28.7. The lowest BCUT2D eigenvalue weighted by molar-refractivity contribution is -0.139. The van der Waals surface area contributed by atoms with E-state index in [9.17, 15) is 18.0 Å². The molecule has 0 fully saturated rings. The van der Waals surface area contributed by atoms with Gasteiger partial charge in [0.15, 0.2) is 0 Å². The molecular weight excluding hydrogens is 538 g/mol. The molecule has 10 heteroatoms. The Bertz CT molecular complexity index is 1430. The Kier molecular flexibility index (Phi) is 9.99. The average Bonchev–Trinajstić information content (AvgIpc) is 2.90. The lowest BCUT2D eigenvalue weighted by atomic mass is 10.1. The molecule has 3 rings (SSSR count). The Labute approximate surface area is 235 Å². The van der Waals surface area contributed by atoms with Crippen molar-refractivity contribution in [2.45, 2.75) is 45.2 Å². The smallest absolute Gasteiger partial charge is 0.264 e. The second-order valence-electron chi connectivity index (χ2n) is 9.22. The maximum Gasteiger partial charge on any atom is 0.264 e. The number of methoxy groups -OCH3 is 1. The number of amides is 2. The van der Waals surface area contributed by atoms with E-state index in [2.05, 4.69) is 5.32 Å². The van der Waals surface area contributed by atoms with Gasteiger partial charge in [0.05, 0.1) is 17.7 Å². The normalized spacial score (nSPS) is 11.9. The van der Waals surface area contributed by atoms with Crippen LogP contribution in [0.1, 0.15) is 30.5 Å². The van der Waals surface area contributed by atoms with Gasteiger partial charge in [-0.15, -0.1) is 0 Å². The van der Waals surface area contributed by atoms with E-state index in [0.29, 0.717) is 6.54 Å². The SMILES string of the molecule is CCNC(=O)[C@H](C)N(Cc1cccc(C)c1)C(=O)CN(c1cc(Cl)ccc1OC)S(=O)(=O)c1ccc(C)cc1. The summed E-state index contributed by atoms with van der Waals surface area (Å²) in [5, 5.41) is 3.02. The first-order chi connectivity index (χ1) is 18.5. The number of likely N-dealkylation sites (N-methyl/N-ethyl adjacent to an activating group) is 1. The summed E-state index contributed by atoms with van der Waals surface area (Å²) in [5.41, 5.74) is 2.81. The number of anilines is 1. The zero-order valence-corrected chi connectivity index (χ0v) is 24.3. The van der Waals surface area contributed by atoms with Crippen LogP contribution in [0.5, 0.6) is 5.75 Å². The fraction of sp³-hybridized carbons (Fsp3) is 0.310. The maximum atomic E-state index is 14.0. The van der Waals surface area contributed by atoms with Crippen molar-refractivity contribution in [3.05, 3.63) is 88.4 Å². The minimum atomic E-state index is -4.24. The van der Waals surface area contributed by atoms with Gasteiger partial charge in [-0.2, -0.15) is 0 Å². The standard InChI is InChI=1S/C29H34ClN3O5S/c1-6-31-29(35)22(4)32(18-23-9-7-8-21(3)16-23)28(34)19-33(26-17-24(30)12-15-27(26)38-5)39(36,37)25-13-10-20(2)11-14-25/h7-17,22H,6,18-19H2,1-5H3,(H,31,35)/t22-/m0/s1. The first-order valence-electron chi connectivity index (χ1n) is 12.5. The molecule has 0 aliphatic rings. The van der Waals surface area contributed by atoms with Crippen LogP contribution in [0.2, 0.25) is 5.02 Å². The summed E-state index contributed by atoms with van der Waals surface area (Å²) >= 11 is 6.26. The molecule has 208 valence electrons. The quantitative estimate of drug-likeness (QED) is 0.359. The van der Waals surface area contributed by atoms with Crippen LogP contribution in [0.4, 0.5) is 5.69 Å². The van der Waals surface area contributed by atoms with Gasteiger partial charge in [-0.1, -0.05) is 59.1 Å². The molecule has 8 nitrogen and oxygen atoms in total. The molecule has 1 N–H and O–H groups in total. The van der Waals surface area contributed by atoms with Crippen molar-refractivity contribution in [2.75, 3.05) is 24.5 Å². The molecule has 39 heavy (non-hydrogen) atoms. The monoisotopic (exact) mass is 571 g/mol. The highest BCUT2D eigenvalue weighted by molar-refractivity contribution is 7.92. The minimum Gasteiger partial charge on any atom is -0.495 e. The summed E-state index contributed by atoms with van der Waals surface area (Å²) in [6, 6.07) is 17.6. The van der Waals surface area contributed by atoms with Crippen molar-refractivity contribution in [3.8, 4) is 5.75 Å². The summed E-state index contributed by atoms with van der Waals surface area (Å²) in [6.07, 6.45) is 0. The van der Waals surface area contributed by atoms with E-state index in [1.165, 1.54) is 30.2 Å². The summed E-state index contributed by atoms with van der Waals surface area (Å²) in [5.74, 6) is -0.676. The van der Waals surface area contributed by atoms with Gasteiger partial charge in [-0.3, -0.25) is 13.9 Å². The second kappa shape index (κ2) is 13.0. The Morgan fingerprint density at radius 3 is 2.31 bits per heavy atom. The van der Waals surface area contributed by atoms with Crippen LogP contribution in [0.25, 0.3) is 0 Å². The first kappa shape index (κ1) is 30.0. The van der Waals surface area contributed by atoms with Crippen molar-refractivity contribution in [2.24, 2.45) is 0 Å². The van der Waals surface area contributed by atoms with Crippen LogP contribution in [-0.2, 0) is 26.2 Å². The van der Waals surface area contributed by atoms with E-state index in [1.54, 1.807) is 38.1 Å². The number of carbonyl (C=O) groups excluding carboxylic acids is 2. The number of aryl methyl sites for hydroxylation is 2. The van der Waals surface area contributed by atoms with Crippen LogP contribution >= 0.6 is 11.6 Å². The number of rotatable bonds is 11. The van der Waals surface area contributed by atoms with Crippen LogP contribution in [0, 0.1) is 13.8 Å². The Balaban J connectivity index is 2.10. The zero-order valence-electron chi connectivity index (χ0n) is 22.8. The molecule has 0 heterocycles. The van der Waals surface area contributed by atoms with E-state index in [0.717, 1.165) is 21.0 Å². The van der Waals surface area contributed by atoms with Crippen molar-refractivity contribution in [1.82, 2.24) is 10.2 Å². The first-order valence-corrected chi connectivity index (χ1v) is 14.4. The molecule has 0 aliphatic heterocycles. The maximum absolute atomic E-state index is 14.0. The minimum absolute atomic E-state index is 0.00457. The number of hydrogen-bond acceptors (Lipinski definition) is 5. The summed E-state index contributed by atoms with van der Waals surface area (Å²) in [6.45, 7) is 7.12. The molecule has 1 atom stereocenters. The number of carbonyl (C=O) groups is 2. The molecule has 0 spiro atoms. The fourth-order valence-electron chi connectivity index (χ4n) is 4.12. The van der Waals surface area contributed by atoms with Crippen molar-refractivity contribution in [3.63, 3.8) is 0 Å². The van der Waals surface area contributed by atoms with Crippen molar-refractivity contribution < 1.29 is 22.7 Å². The third-order valence-corrected chi connectivity index (χ3v) is 8.26. The van der Waals surface area contributed by atoms with Gasteiger partial charge in [0.25, 0.3) is 10.0 Å². The Morgan fingerprint density at radius 2 is 1.69 bits per heavy atom. The molecule has 0 bridgehead atoms. The van der Waals surface area contributed by atoms with Gasteiger partial charge >= 0.3 is 0 Å². The molecule has 2 amide bonds. The van der Waals surface area contributed by atoms with E-state index in [4.69, 9.17) is 16.3 Å². The van der Waals surface area contributed by atoms with Gasteiger partial charge in [0, 0.05) is 18.1 Å². The third kappa shape index (κ3) is 7.30. The Morgan fingerprint density at radius 1 is 1.00 bits per heavy atom. The summed E-state index contributed by atoms with van der Waals surface area (Å²) in [7, 11) is -2.83. The number of hydrogen-bond donors (Lipinski definition) is 1. The molecule has 3 aromatic carbocycles. The summed E-state index contributed by atoms with van der Waals surface area (Å²) < 4.78 is 34.4. The molecular formula is C29H34ClN3O5S.